The molecule has 0 amide bonds. The predicted octanol–water partition coefficient (Wildman–Crippen LogP) is 3.71. The monoisotopic (exact) mass is 344 g/mol. The molecule has 3 rings (SSSR count). The molecule has 6 heteroatoms. The van der Waals surface area contributed by atoms with Crippen LogP contribution < -0.4 is 10.1 Å². The van der Waals surface area contributed by atoms with E-state index in [-0.39, 0.29) is 4.90 Å². The largest absolute Gasteiger partial charge is 0.497 e. The molecule has 0 aliphatic rings. The molecule has 126 valence electrons. The molecule has 0 saturated carbocycles. The summed E-state index contributed by atoms with van der Waals surface area (Å²) in [6, 6.07) is 14.2. The van der Waals surface area contributed by atoms with Gasteiger partial charge in [0.05, 0.1) is 17.5 Å². The molecule has 1 aromatic heterocycles. The van der Waals surface area contributed by atoms with Gasteiger partial charge in [0.2, 0.25) is 0 Å². The lowest BCUT2D eigenvalue weighted by Gasteiger charge is -2.11. The zero-order valence-electron chi connectivity index (χ0n) is 13.9. The summed E-state index contributed by atoms with van der Waals surface area (Å²) in [6.07, 6.45) is 1.59. The second-order valence-corrected chi connectivity index (χ2v) is 7.68. The molecule has 0 bridgehead atoms. The second kappa shape index (κ2) is 6.20. The van der Waals surface area contributed by atoms with Gasteiger partial charge in [-0.2, -0.15) is 0 Å². The van der Waals surface area contributed by atoms with Crippen molar-refractivity contribution in [3.63, 3.8) is 0 Å². The highest BCUT2D eigenvalue weighted by Crippen LogP contribution is 2.26. The van der Waals surface area contributed by atoms with Crippen LogP contribution in [0.2, 0.25) is 0 Å². The van der Waals surface area contributed by atoms with Crippen molar-refractivity contribution in [2.45, 2.75) is 24.8 Å². The highest BCUT2D eigenvalue weighted by Gasteiger charge is 2.19. The molecule has 24 heavy (non-hydrogen) atoms. The number of benzene rings is 2. The van der Waals surface area contributed by atoms with Crippen LogP contribution in [-0.4, -0.2) is 25.5 Å². The molecule has 0 aliphatic heterocycles. The van der Waals surface area contributed by atoms with Crippen LogP contribution in [-0.2, 0) is 10.0 Å². The Balaban J connectivity index is 2.04. The van der Waals surface area contributed by atoms with Crippen LogP contribution in [0.1, 0.15) is 13.8 Å². The molecule has 2 aromatic carbocycles. The Hall–Kier alpha value is -2.47. The molecule has 1 N–H and O–H groups in total. The number of ether oxygens (including phenoxy) is 1. The van der Waals surface area contributed by atoms with Gasteiger partial charge in [-0.25, -0.2) is 12.4 Å². The lowest BCUT2D eigenvalue weighted by Crippen LogP contribution is -2.12. The molecule has 0 fully saturated rings. The van der Waals surface area contributed by atoms with Crippen LogP contribution in [0.4, 0.5) is 5.69 Å². The number of hydrogen-bond donors (Lipinski definition) is 1. The number of hydrogen-bond acceptors (Lipinski definition) is 4. The Labute approximate surface area is 141 Å². The van der Waals surface area contributed by atoms with Crippen molar-refractivity contribution in [1.82, 2.24) is 3.97 Å². The molecule has 0 saturated heterocycles. The highest BCUT2D eigenvalue weighted by atomic mass is 32.2. The minimum atomic E-state index is -3.64. The van der Waals surface area contributed by atoms with E-state index in [1.165, 1.54) is 3.97 Å². The van der Waals surface area contributed by atoms with Gasteiger partial charge in [0.25, 0.3) is 10.0 Å². The Kier molecular flexibility index (Phi) is 4.24. The number of methoxy groups -OCH3 is 1. The summed E-state index contributed by atoms with van der Waals surface area (Å²) in [5, 5.41) is 4.19. The number of fused-ring (bicyclic) bond motifs is 1. The quantitative estimate of drug-likeness (QED) is 0.766. The number of nitrogens with zero attached hydrogens (tertiary/aromatic N) is 1. The van der Waals surface area contributed by atoms with Gasteiger partial charge in [0.1, 0.15) is 5.75 Å². The molecular weight excluding hydrogens is 324 g/mol. The standard InChI is InChI=1S/C18H20N2O3S/c1-13(2)19-15-4-9-18-14(12-15)10-11-20(18)24(21,22)17-7-5-16(23-3)6-8-17/h4-13,19H,1-3H3. The first-order valence-electron chi connectivity index (χ1n) is 7.69. The maximum absolute atomic E-state index is 12.9. The van der Waals surface area contributed by atoms with Crippen molar-refractivity contribution in [3.8, 4) is 5.75 Å². The summed E-state index contributed by atoms with van der Waals surface area (Å²) in [5.74, 6) is 0.621. The van der Waals surface area contributed by atoms with Crippen molar-refractivity contribution >= 4 is 26.6 Å². The normalized spacial score (nSPS) is 11.8. The fourth-order valence-corrected chi connectivity index (χ4v) is 3.96. The maximum atomic E-state index is 12.9. The minimum absolute atomic E-state index is 0.227. The Morgan fingerprint density at radius 1 is 1.04 bits per heavy atom. The molecule has 0 aliphatic carbocycles. The Bertz CT molecular complexity index is 958. The first-order chi connectivity index (χ1) is 11.4. The molecule has 5 nitrogen and oxygen atoms in total. The summed E-state index contributed by atoms with van der Waals surface area (Å²) in [4.78, 5) is 0.227. The van der Waals surface area contributed by atoms with Crippen LogP contribution in [0.15, 0.2) is 59.6 Å². The number of aromatic nitrogens is 1. The SMILES string of the molecule is COc1ccc(S(=O)(=O)n2ccc3cc(NC(C)C)ccc32)cc1. The first-order valence-corrected chi connectivity index (χ1v) is 9.13. The van der Waals surface area contributed by atoms with Gasteiger partial charge in [-0.15, -0.1) is 0 Å². The Morgan fingerprint density at radius 2 is 1.75 bits per heavy atom. The van der Waals surface area contributed by atoms with E-state index in [1.54, 1.807) is 37.6 Å². The van der Waals surface area contributed by atoms with E-state index in [9.17, 15) is 8.42 Å². The summed E-state index contributed by atoms with van der Waals surface area (Å²) >= 11 is 0. The molecule has 0 unspecified atom stereocenters. The van der Waals surface area contributed by atoms with E-state index in [2.05, 4.69) is 19.2 Å². The number of anilines is 1. The van der Waals surface area contributed by atoms with Crippen LogP contribution >= 0.6 is 0 Å². The van der Waals surface area contributed by atoms with Gasteiger partial charge >= 0.3 is 0 Å². The number of nitrogens with one attached hydrogen (secondary N) is 1. The van der Waals surface area contributed by atoms with Gasteiger partial charge in [0.15, 0.2) is 0 Å². The number of rotatable bonds is 5. The zero-order chi connectivity index (χ0) is 17.3. The maximum Gasteiger partial charge on any atom is 0.268 e. The van der Waals surface area contributed by atoms with E-state index >= 15 is 0 Å². The lowest BCUT2D eigenvalue weighted by molar-refractivity contribution is 0.414. The molecule has 0 radical (unpaired) electrons. The molecule has 1 heterocycles. The van der Waals surface area contributed by atoms with E-state index in [0.29, 0.717) is 17.3 Å². The van der Waals surface area contributed by atoms with E-state index < -0.39 is 10.0 Å². The van der Waals surface area contributed by atoms with Gasteiger partial charge < -0.3 is 10.1 Å². The van der Waals surface area contributed by atoms with Crippen LogP contribution in [0.5, 0.6) is 5.75 Å². The van der Waals surface area contributed by atoms with E-state index in [0.717, 1.165) is 11.1 Å². The van der Waals surface area contributed by atoms with Gasteiger partial charge in [-0.3, -0.25) is 0 Å². The average molecular weight is 344 g/mol. The van der Waals surface area contributed by atoms with E-state index in [4.69, 9.17) is 4.74 Å². The fourth-order valence-electron chi connectivity index (χ4n) is 2.61. The van der Waals surface area contributed by atoms with Crippen molar-refractivity contribution in [2.75, 3.05) is 12.4 Å². The van der Waals surface area contributed by atoms with Crippen LogP contribution in [0, 0.1) is 0 Å². The van der Waals surface area contributed by atoms with Gasteiger partial charge in [-0.05, 0) is 62.4 Å². The fraction of sp³-hybridized carbons (Fsp3) is 0.222. The Morgan fingerprint density at radius 3 is 2.38 bits per heavy atom. The molecular formula is C18H20N2O3S. The van der Waals surface area contributed by atoms with Crippen molar-refractivity contribution in [3.05, 3.63) is 54.7 Å². The van der Waals surface area contributed by atoms with Gasteiger partial charge in [0, 0.05) is 23.3 Å². The van der Waals surface area contributed by atoms with Crippen LogP contribution in [0.25, 0.3) is 10.9 Å². The van der Waals surface area contributed by atoms with Gasteiger partial charge in [-0.1, -0.05) is 0 Å². The average Bonchev–Trinajstić information content (AvgIpc) is 2.98. The summed E-state index contributed by atoms with van der Waals surface area (Å²) in [6.45, 7) is 4.12. The van der Waals surface area contributed by atoms with Crippen molar-refractivity contribution in [2.24, 2.45) is 0 Å². The molecule has 0 spiro atoms. The zero-order valence-corrected chi connectivity index (χ0v) is 14.7. The third kappa shape index (κ3) is 2.97. The third-order valence-corrected chi connectivity index (χ3v) is 5.43. The summed E-state index contributed by atoms with van der Waals surface area (Å²) in [7, 11) is -2.10. The first kappa shape index (κ1) is 16.4. The topological polar surface area (TPSA) is 60.3 Å². The third-order valence-electron chi connectivity index (χ3n) is 3.73. The van der Waals surface area contributed by atoms with Crippen LogP contribution in [0.3, 0.4) is 0 Å². The molecule has 0 atom stereocenters. The van der Waals surface area contributed by atoms with Crippen molar-refractivity contribution < 1.29 is 13.2 Å². The second-order valence-electron chi connectivity index (χ2n) is 5.86. The lowest BCUT2D eigenvalue weighted by atomic mass is 10.2. The highest BCUT2D eigenvalue weighted by molar-refractivity contribution is 7.90. The summed E-state index contributed by atoms with van der Waals surface area (Å²) < 4.78 is 32.1. The smallest absolute Gasteiger partial charge is 0.268 e. The molecule has 3 aromatic rings. The predicted molar refractivity (Wildman–Crippen MR) is 96.3 cm³/mol. The van der Waals surface area contributed by atoms with Crippen molar-refractivity contribution in [1.29, 1.82) is 0 Å². The van der Waals surface area contributed by atoms with E-state index in [1.807, 2.05) is 24.3 Å². The minimum Gasteiger partial charge on any atom is -0.497 e. The summed E-state index contributed by atoms with van der Waals surface area (Å²) in [5.41, 5.74) is 1.62.